The topological polar surface area (TPSA) is 98.7 Å². The van der Waals surface area contributed by atoms with Crippen LogP contribution in [0.5, 0.6) is 0 Å². The zero-order chi connectivity index (χ0) is 30.2. The lowest BCUT2D eigenvalue weighted by Crippen LogP contribution is -2.34. The lowest BCUT2D eigenvalue weighted by molar-refractivity contribution is -0.138. The number of hydrogen-bond acceptors (Lipinski definition) is 4. The van der Waals surface area contributed by atoms with Crippen molar-refractivity contribution in [2.24, 2.45) is 0 Å². The average molecular weight is 600 g/mol. The molecule has 41 heavy (non-hydrogen) atoms. The molecular formula is C27H23F6N3O4S. The van der Waals surface area contributed by atoms with Crippen LogP contribution in [0, 0.1) is 0 Å². The van der Waals surface area contributed by atoms with E-state index in [4.69, 9.17) is 5.11 Å². The molecule has 0 heterocycles. The number of nitrogens with zero attached hydrogens (tertiary/aromatic N) is 1. The van der Waals surface area contributed by atoms with Crippen LogP contribution in [0.2, 0.25) is 0 Å². The number of rotatable bonds is 10. The number of carboxylic acids is 1. The Morgan fingerprint density at radius 1 is 0.780 bits per heavy atom. The SMILES string of the molecule is O=C(O)CCNC(=O)c1ccc(CN(Cc2ccc(C(F)(F)F)cc2)C(=O)Nc2ccc(SC(F)(F)F)cc2)cc1. The Hall–Kier alpha value is -4.20. The van der Waals surface area contributed by atoms with Gasteiger partial charge in [-0.25, -0.2) is 4.79 Å². The molecule has 0 aliphatic heterocycles. The molecular weight excluding hydrogens is 576 g/mol. The number of nitrogens with one attached hydrogen (secondary N) is 2. The Bertz CT molecular complexity index is 1350. The van der Waals surface area contributed by atoms with E-state index in [1.165, 1.54) is 53.4 Å². The first-order valence-corrected chi connectivity index (χ1v) is 12.7. The van der Waals surface area contributed by atoms with Gasteiger partial charge in [0.1, 0.15) is 0 Å². The highest BCUT2D eigenvalue weighted by atomic mass is 32.2. The number of alkyl halides is 6. The molecule has 14 heteroatoms. The van der Waals surface area contributed by atoms with Crippen molar-refractivity contribution >= 4 is 35.4 Å². The Balaban J connectivity index is 1.76. The van der Waals surface area contributed by atoms with Crippen LogP contribution in [0.1, 0.15) is 33.5 Å². The summed E-state index contributed by atoms with van der Waals surface area (Å²) < 4.78 is 76.7. The van der Waals surface area contributed by atoms with Crippen LogP contribution in [0.4, 0.5) is 36.8 Å². The summed E-state index contributed by atoms with van der Waals surface area (Å²) in [5.74, 6) is -1.56. The number of thioether (sulfide) groups is 1. The quantitative estimate of drug-likeness (QED) is 0.177. The van der Waals surface area contributed by atoms with Crippen molar-refractivity contribution in [3.8, 4) is 0 Å². The van der Waals surface area contributed by atoms with Gasteiger partial charge in [0.05, 0.1) is 12.0 Å². The predicted molar refractivity (Wildman–Crippen MR) is 139 cm³/mol. The molecule has 0 fully saturated rings. The third kappa shape index (κ3) is 10.4. The summed E-state index contributed by atoms with van der Waals surface area (Å²) in [7, 11) is 0. The number of anilines is 1. The van der Waals surface area contributed by atoms with Gasteiger partial charge in [-0.15, -0.1) is 0 Å². The molecule has 3 rings (SSSR count). The van der Waals surface area contributed by atoms with Gasteiger partial charge in [-0.3, -0.25) is 9.59 Å². The Morgan fingerprint density at radius 2 is 1.32 bits per heavy atom. The molecule has 3 aromatic rings. The highest BCUT2D eigenvalue weighted by Crippen LogP contribution is 2.37. The van der Waals surface area contributed by atoms with E-state index < -0.39 is 35.2 Å². The minimum atomic E-state index is -4.53. The molecule has 0 aromatic heterocycles. The van der Waals surface area contributed by atoms with Crippen LogP contribution >= 0.6 is 11.8 Å². The highest BCUT2D eigenvalue weighted by molar-refractivity contribution is 8.00. The van der Waals surface area contributed by atoms with Gasteiger partial charge in [-0.2, -0.15) is 26.3 Å². The van der Waals surface area contributed by atoms with Crippen LogP contribution < -0.4 is 10.6 Å². The summed E-state index contributed by atoms with van der Waals surface area (Å²) in [5.41, 5.74) is -3.93. The van der Waals surface area contributed by atoms with Crippen molar-refractivity contribution in [1.29, 1.82) is 0 Å². The normalized spacial score (nSPS) is 11.6. The van der Waals surface area contributed by atoms with Crippen LogP contribution in [0.15, 0.2) is 77.7 Å². The zero-order valence-electron chi connectivity index (χ0n) is 21.1. The van der Waals surface area contributed by atoms with Crippen LogP contribution in [0.25, 0.3) is 0 Å². The summed E-state index contributed by atoms with van der Waals surface area (Å²) in [6.07, 6.45) is -4.78. The van der Waals surface area contributed by atoms with E-state index in [0.29, 0.717) is 11.1 Å². The molecule has 0 aliphatic carbocycles. The first-order valence-electron chi connectivity index (χ1n) is 11.9. The minimum absolute atomic E-state index is 0.0320. The maximum absolute atomic E-state index is 13.1. The first-order chi connectivity index (χ1) is 19.2. The molecule has 7 nitrogen and oxygen atoms in total. The molecule has 0 saturated heterocycles. The van der Waals surface area contributed by atoms with E-state index in [-0.39, 0.29) is 54.0 Å². The van der Waals surface area contributed by atoms with Crippen molar-refractivity contribution in [1.82, 2.24) is 10.2 Å². The maximum Gasteiger partial charge on any atom is 0.446 e. The number of urea groups is 1. The van der Waals surface area contributed by atoms with Gasteiger partial charge in [-0.05, 0) is 71.4 Å². The number of carbonyl (C=O) groups excluding carboxylic acids is 2. The van der Waals surface area contributed by atoms with E-state index in [2.05, 4.69) is 10.6 Å². The molecule has 0 saturated carbocycles. The number of aliphatic carboxylic acids is 1. The number of benzene rings is 3. The molecule has 3 amide bonds. The number of halogens is 6. The molecule has 3 N–H and O–H groups in total. The highest BCUT2D eigenvalue weighted by Gasteiger charge is 2.30. The standard InChI is InChI=1S/C27H23F6N3O4S/c28-26(29,30)20-7-3-18(4-8-20)16-36(25(40)35-21-9-11-22(12-10-21)41-27(31,32)33)15-17-1-5-19(6-2-17)24(39)34-14-13-23(37)38/h1-12H,13-16H2,(H,34,39)(H,35,40)(H,37,38). The molecule has 218 valence electrons. The van der Waals surface area contributed by atoms with Crippen LogP contribution in [0.3, 0.4) is 0 Å². The second-order valence-electron chi connectivity index (χ2n) is 8.65. The minimum Gasteiger partial charge on any atom is -0.481 e. The molecule has 0 atom stereocenters. The van der Waals surface area contributed by atoms with Gasteiger partial charge < -0.3 is 20.6 Å². The lowest BCUT2D eigenvalue weighted by Gasteiger charge is -2.24. The fraction of sp³-hybridized carbons (Fsp3) is 0.222. The van der Waals surface area contributed by atoms with Gasteiger partial charge in [0.25, 0.3) is 5.91 Å². The third-order valence-corrected chi connectivity index (χ3v) is 6.23. The summed E-state index contributed by atoms with van der Waals surface area (Å²) in [5, 5.41) is 13.7. The molecule has 0 bridgehead atoms. The van der Waals surface area contributed by atoms with E-state index in [0.717, 1.165) is 12.1 Å². The number of carboxylic acid groups (broad SMARTS) is 1. The maximum atomic E-state index is 13.1. The Kier molecular flexibility index (Phi) is 10.3. The van der Waals surface area contributed by atoms with Crippen molar-refractivity contribution in [3.05, 3.63) is 95.1 Å². The molecule has 0 spiro atoms. The van der Waals surface area contributed by atoms with Gasteiger partial charge in [0.15, 0.2) is 0 Å². The first kappa shape index (κ1) is 31.3. The molecule has 0 aliphatic rings. The molecule has 0 unspecified atom stereocenters. The Labute approximate surface area is 234 Å². The second kappa shape index (κ2) is 13.4. The third-order valence-electron chi connectivity index (χ3n) is 5.50. The van der Waals surface area contributed by atoms with Gasteiger partial charge >= 0.3 is 23.7 Å². The summed E-state index contributed by atoms with van der Waals surface area (Å²) in [6, 6.07) is 14.6. The fourth-order valence-corrected chi connectivity index (χ4v) is 4.07. The fourth-order valence-electron chi connectivity index (χ4n) is 3.53. The Morgan fingerprint density at radius 3 is 1.80 bits per heavy atom. The van der Waals surface area contributed by atoms with Crippen molar-refractivity contribution in [3.63, 3.8) is 0 Å². The molecule has 0 radical (unpaired) electrons. The average Bonchev–Trinajstić information content (AvgIpc) is 2.88. The molecule has 3 aromatic carbocycles. The number of amides is 3. The van der Waals surface area contributed by atoms with Gasteiger partial charge in [0, 0.05) is 35.8 Å². The lowest BCUT2D eigenvalue weighted by atomic mass is 10.1. The van der Waals surface area contributed by atoms with E-state index in [1.54, 1.807) is 12.1 Å². The summed E-state index contributed by atoms with van der Waals surface area (Å²) in [4.78, 5) is 37.1. The van der Waals surface area contributed by atoms with Crippen LogP contribution in [-0.2, 0) is 24.1 Å². The number of carbonyl (C=O) groups is 3. The largest absolute Gasteiger partial charge is 0.481 e. The van der Waals surface area contributed by atoms with Crippen molar-refractivity contribution < 1.29 is 45.8 Å². The van der Waals surface area contributed by atoms with Crippen molar-refractivity contribution in [2.45, 2.75) is 36.1 Å². The predicted octanol–water partition coefficient (Wildman–Crippen LogP) is 6.76. The monoisotopic (exact) mass is 599 g/mol. The van der Waals surface area contributed by atoms with Crippen molar-refractivity contribution in [2.75, 3.05) is 11.9 Å². The van der Waals surface area contributed by atoms with Crippen LogP contribution in [-0.4, -0.2) is 40.0 Å². The van der Waals surface area contributed by atoms with E-state index in [1.807, 2.05) is 0 Å². The smallest absolute Gasteiger partial charge is 0.446 e. The second-order valence-corrected chi connectivity index (χ2v) is 9.79. The van der Waals surface area contributed by atoms with E-state index >= 15 is 0 Å². The summed E-state index contributed by atoms with van der Waals surface area (Å²) in [6.45, 7) is -0.202. The summed E-state index contributed by atoms with van der Waals surface area (Å²) >= 11 is -0.308. The van der Waals surface area contributed by atoms with Gasteiger partial charge in [0.2, 0.25) is 0 Å². The number of hydrogen-bond donors (Lipinski definition) is 3. The zero-order valence-corrected chi connectivity index (χ0v) is 21.9. The van der Waals surface area contributed by atoms with Gasteiger partial charge in [-0.1, -0.05) is 24.3 Å². The van der Waals surface area contributed by atoms with E-state index in [9.17, 15) is 40.7 Å².